The summed E-state index contributed by atoms with van der Waals surface area (Å²) in [5, 5.41) is 2.57. The van der Waals surface area contributed by atoms with Crippen molar-refractivity contribution in [3.8, 4) is 5.75 Å². The number of fused-ring (bicyclic) bond motifs is 3. The molecule has 0 aliphatic rings. The molecule has 0 bridgehead atoms. The predicted octanol–water partition coefficient (Wildman–Crippen LogP) is 10.7. The maximum Gasteiger partial charge on any atom is 0.172 e. The van der Waals surface area contributed by atoms with Crippen molar-refractivity contribution >= 4 is 21.5 Å². The predicted molar refractivity (Wildman–Crippen MR) is 147 cm³/mol. The van der Waals surface area contributed by atoms with Crippen LogP contribution in [0.1, 0.15) is 109 Å². The first-order chi connectivity index (χ1) is 17.2. The molecule has 0 saturated carbocycles. The summed E-state index contributed by atoms with van der Waals surface area (Å²) in [6.45, 7) is 4.96. The molecule has 35 heavy (non-hydrogen) atoms. The van der Waals surface area contributed by atoms with E-state index in [1.807, 2.05) is 18.2 Å². The van der Waals surface area contributed by atoms with E-state index in [9.17, 15) is 0 Å². The quantitative estimate of drug-likeness (QED) is 0.137. The lowest BCUT2D eigenvalue weighted by Gasteiger charge is -2.12. The third-order valence-corrected chi connectivity index (χ3v) is 7.17. The fourth-order valence-electron chi connectivity index (χ4n) is 4.99. The van der Waals surface area contributed by atoms with Crippen molar-refractivity contribution in [3.63, 3.8) is 0 Å². The van der Waals surface area contributed by atoms with Gasteiger partial charge in [0.25, 0.3) is 0 Å². The highest BCUT2D eigenvalue weighted by Crippen LogP contribution is 2.34. The second kappa shape index (κ2) is 15.1. The van der Waals surface area contributed by atoms with Crippen LogP contribution < -0.4 is 4.74 Å². The van der Waals surface area contributed by atoms with Gasteiger partial charge in [-0.25, -0.2) is 8.78 Å². The molecule has 3 aromatic rings. The van der Waals surface area contributed by atoms with E-state index in [4.69, 9.17) is 4.74 Å². The summed E-state index contributed by atoms with van der Waals surface area (Å²) in [5.74, 6) is -0.219. The minimum atomic E-state index is -0.347. The zero-order chi connectivity index (χ0) is 24.9. The highest BCUT2D eigenvalue weighted by atomic mass is 19.1. The van der Waals surface area contributed by atoms with Crippen LogP contribution >= 0.6 is 0 Å². The SMILES string of the molecule is CCCCCCCCCCCCOc1ccc2c(ccc3c(F)c(CCCCCC)ccc32)c1F. The van der Waals surface area contributed by atoms with E-state index >= 15 is 8.78 Å². The molecule has 3 aromatic carbocycles. The van der Waals surface area contributed by atoms with Crippen LogP contribution in [0.3, 0.4) is 0 Å². The van der Waals surface area contributed by atoms with Crippen LogP contribution in [0.5, 0.6) is 5.75 Å². The Labute approximate surface area is 211 Å². The largest absolute Gasteiger partial charge is 0.490 e. The fraction of sp³-hybridized carbons (Fsp3) is 0.562. The minimum Gasteiger partial charge on any atom is -0.490 e. The Bertz CT molecular complexity index is 1040. The summed E-state index contributed by atoms with van der Waals surface area (Å²) in [4.78, 5) is 0. The van der Waals surface area contributed by atoms with Crippen molar-refractivity contribution in [2.75, 3.05) is 6.61 Å². The van der Waals surface area contributed by atoms with Crippen LogP contribution in [-0.4, -0.2) is 6.61 Å². The smallest absolute Gasteiger partial charge is 0.172 e. The first kappa shape index (κ1) is 27.4. The van der Waals surface area contributed by atoms with Gasteiger partial charge in [-0.05, 0) is 47.7 Å². The van der Waals surface area contributed by atoms with Gasteiger partial charge in [-0.2, -0.15) is 0 Å². The maximum absolute atomic E-state index is 15.2. The Kier molecular flexibility index (Phi) is 11.8. The Morgan fingerprint density at radius 1 is 0.514 bits per heavy atom. The highest BCUT2D eigenvalue weighted by Gasteiger charge is 2.14. The van der Waals surface area contributed by atoms with Crippen molar-refractivity contribution in [1.29, 1.82) is 0 Å². The van der Waals surface area contributed by atoms with Crippen LogP contribution in [0.25, 0.3) is 21.5 Å². The third kappa shape index (κ3) is 7.92. The number of unbranched alkanes of at least 4 members (excludes halogenated alkanes) is 12. The van der Waals surface area contributed by atoms with Crippen molar-refractivity contribution in [3.05, 3.63) is 53.6 Å². The van der Waals surface area contributed by atoms with E-state index < -0.39 is 0 Å². The van der Waals surface area contributed by atoms with Crippen LogP contribution in [0.2, 0.25) is 0 Å². The Morgan fingerprint density at radius 3 is 1.63 bits per heavy atom. The Morgan fingerprint density at radius 2 is 1.00 bits per heavy atom. The number of benzene rings is 3. The molecule has 0 spiro atoms. The molecular weight excluding hydrogens is 438 g/mol. The van der Waals surface area contributed by atoms with Crippen LogP contribution in [0, 0.1) is 11.6 Å². The van der Waals surface area contributed by atoms with Crippen molar-refractivity contribution in [2.45, 2.75) is 110 Å². The molecule has 0 aliphatic carbocycles. The second-order valence-corrected chi connectivity index (χ2v) is 10.0. The molecule has 192 valence electrons. The third-order valence-electron chi connectivity index (χ3n) is 7.17. The molecule has 0 fully saturated rings. The number of aryl methyl sites for hydroxylation is 1. The van der Waals surface area contributed by atoms with Gasteiger partial charge < -0.3 is 4.74 Å². The number of hydrogen-bond donors (Lipinski definition) is 0. The Hall–Kier alpha value is -2.16. The van der Waals surface area contributed by atoms with Gasteiger partial charge in [0.15, 0.2) is 11.6 Å². The van der Waals surface area contributed by atoms with E-state index in [1.54, 1.807) is 18.2 Å². The normalized spacial score (nSPS) is 11.5. The van der Waals surface area contributed by atoms with Gasteiger partial charge in [0.2, 0.25) is 0 Å². The molecule has 0 radical (unpaired) electrons. The van der Waals surface area contributed by atoms with E-state index in [-0.39, 0.29) is 11.6 Å². The number of ether oxygens (including phenoxy) is 1. The molecule has 0 aromatic heterocycles. The molecule has 1 nitrogen and oxygen atoms in total. The molecule has 0 aliphatic heterocycles. The zero-order valence-electron chi connectivity index (χ0n) is 21.9. The van der Waals surface area contributed by atoms with E-state index in [2.05, 4.69) is 13.8 Å². The van der Waals surface area contributed by atoms with Gasteiger partial charge in [0.05, 0.1) is 6.61 Å². The zero-order valence-corrected chi connectivity index (χ0v) is 21.9. The first-order valence-electron chi connectivity index (χ1n) is 14.1. The lowest BCUT2D eigenvalue weighted by atomic mass is 9.97. The molecule has 0 N–H and O–H groups in total. The Balaban J connectivity index is 1.53. The topological polar surface area (TPSA) is 9.23 Å². The summed E-state index contributed by atoms with van der Waals surface area (Å²) in [6, 6.07) is 10.8. The fourth-order valence-corrected chi connectivity index (χ4v) is 4.99. The van der Waals surface area contributed by atoms with Crippen molar-refractivity contribution in [2.24, 2.45) is 0 Å². The van der Waals surface area contributed by atoms with Crippen molar-refractivity contribution < 1.29 is 13.5 Å². The molecule has 0 atom stereocenters. The molecule has 0 heterocycles. The van der Waals surface area contributed by atoms with Gasteiger partial charge in [-0.1, -0.05) is 115 Å². The summed E-state index contributed by atoms with van der Waals surface area (Å²) in [5.41, 5.74) is 0.755. The average Bonchev–Trinajstić information content (AvgIpc) is 2.87. The van der Waals surface area contributed by atoms with Gasteiger partial charge in [0, 0.05) is 10.8 Å². The number of hydrogen-bond acceptors (Lipinski definition) is 1. The molecule has 3 rings (SSSR count). The lowest BCUT2D eigenvalue weighted by molar-refractivity contribution is 0.291. The molecule has 0 amide bonds. The van der Waals surface area contributed by atoms with E-state index in [0.29, 0.717) is 23.1 Å². The number of rotatable bonds is 17. The maximum atomic E-state index is 15.2. The van der Waals surface area contributed by atoms with Gasteiger partial charge in [-0.15, -0.1) is 0 Å². The summed E-state index contributed by atoms with van der Waals surface area (Å²) >= 11 is 0. The number of halogens is 2. The van der Waals surface area contributed by atoms with Crippen LogP contribution in [0.4, 0.5) is 8.78 Å². The summed E-state index contributed by atoms with van der Waals surface area (Å²) < 4.78 is 36.1. The molecule has 3 heteroatoms. The van der Waals surface area contributed by atoms with E-state index in [1.165, 1.54) is 64.2 Å². The first-order valence-corrected chi connectivity index (χ1v) is 14.1. The molecule has 0 saturated heterocycles. The highest BCUT2D eigenvalue weighted by molar-refractivity contribution is 6.08. The standard InChI is InChI=1S/C32H44F2O/c1-3-5-7-9-10-11-12-13-14-16-24-35-30-23-22-27-26-19-18-25(17-15-8-6-4-2)31(33)28(26)20-21-29(27)32(30)34/h18-23H,3-17,24H2,1-2H3. The van der Waals surface area contributed by atoms with Gasteiger partial charge in [-0.3, -0.25) is 0 Å². The van der Waals surface area contributed by atoms with E-state index in [0.717, 1.165) is 48.4 Å². The molecule has 0 unspecified atom stereocenters. The second-order valence-electron chi connectivity index (χ2n) is 10.0. The van der Waals surface area contributed by atoms with Gasteiger partial charge in [0.1, 0.15) is 5.82 Å². The average molecular weight is 483 g/mol. The minimum absolute atomic E-state index is 0.164. The summed E-state index contributed by atoms with van der Waals surface area (Å²) in [6.07, 6.45) is 17.8. The van der Waals surface area contributed by atoms with Gasteiger partial charge >= 0.3 is 0 Å². The van der Waals surface area contributed by atoms with Crippen molar-refractivity contribution in [1.82, 2.24) is 0 Å². The lowest BCUT2D eigenvalue weighted by Crippen LogP contribution is -2.00. The summed E-state index contributed by atoms with van der Waals surface area (Å²) in [7, 11) is 0. The van der Waals surface area contributed by atoms with Crippen LogP contribution in [-0.2, 0) is 6.42 Å². The monoisotopic (exact) mass is 482 g/mol. The molecular formula is C32H44F2O. The van der Waals surface area contributed by atoms with Crippen LogP contribution in [0.15, 0.2) is 36.4 Å².